The minimum absolute atomic E-state index is 0.0636. The van der Waals surface area contributed by atoms with Gasteiger partial charge < -0.3 is 15.7 Å². The fourth-order valence-electron chi connectivity index (χ4n) is 2.10. The van der Waals surface area contributed by atoms with Gasteiger partial charge in [-0.3, -0.25) is 28.9 Å². The fourth-order valence-corrected chi connectivity index (χ4v) is 2.71. The molecule has 0 aromatic carbocycles. The van der Waals surface area contributed by atoms with Crippen LogP contribution in [-0.2, 0) is 24.0 Å². The van der Waals surface area contributed by atoms with Crippen molar-refractivity contribution in [3.8, 4) is 0 Å². The molecule has 3 N–H and O–H groups in total. The molecule has 0 radical (unpaired) electrons. The average Bonchev–Trinajstić information content (AvgIpc) is 2.88. The lowest BCUT2D eigenvalue weighted by Crippen LogP contribution is -2.47. The number of nitrogens with zero attached hydrogens (tertiary/aromatic N) is 1. The van der Waals surface area contributed by atoms with Crippen molar-refractivity contribution in [3.05, 3.63) is 12.2 Å². The molecule has 1 aliphatic rings. The fraction of sp³-hybridized carbons (Fsp3) is 0.500. The summed E-state index contributed by atoms with van der Waals surface area (Å²) in [6.45, 7) is 1.75. The molecule has 0 aromatic heterocycles. The largest absolute Gasteiger partial charge is 0.351 e. The van der Waals surface area contributed by atoms with E-state index in [2.05, 4.69) is 25.0 Å². The van der Waals surface area contributed by atoms with E-state index < -0.39 is 29.7 Å². The molecule has 1 aliphatic heterocycles. The minimum atomic E-state index is -0.859. The minimum Gasteiger partial charge on any atom is -0.351 e. The van der Waals surface area contributed by atoms with E-state index in [9.17, 15) is 24.0 Å². The molecule has 3 atom stereocenters. The third-order valence-corrected chi connectivity index (χ3v) is 4.05. The number of amides is 5. The van der Waals surface area contributed by atoms with Crippen LogP contribution in [0.25, 0.3) is 0 Å². The number of hydrogen-bond donors (Lipinski definition) is 3. The number of hydrogen-bond acceptors (Lipinski definition) is 5. The Morgan fingerprint density at radius 3 is 2.36 bits per heavy atom. The summed E-state index contributed by atoms with van der Waals surface area (Å²) in [5.74, 6) is -2.00. The van der Waals surface area contributed by atoms with Crippen LogP contribution in [0, 0.1) is 0 Å². The van der Waals surface area contributed by atoms with Crippen molar-refractivity contribution in [1.29, 1.82) is 0 Å². The van der Waals surface area contributed by atoms with E-state index in [-0.39, 0.29) is 40.4 Å². The van der Waals surface area contributed by atoms with Gasteiger partial charge in [-0.25, -0.2) is 0 Å². The molecule has 0 aliphatic carbocycles. The maximum atomic E-state index is 12.0. The summed E-state index contributed by atoms with van der Waals surface area (Å²) in [7, 11) is 2.60. The maximum Gasteiger partial charge on any atom is 0.253 e. The van der Waals surface area contributed by atoms with Crippen molar-refractivity contribution in [2.45, 2.75) is 25.3 Å². The summed E-state index contributed by atoms with van der Waals surface area (Å²) < 4.78 is 0. The third-order valence-electron chi connectivity index (χ3n) is 3.32. The van der Waals surface area contributed by atoms with Crippen LogP contribution in [-0.4, -0.2) is 60.0 Å². The molecule has 1 heterocycles. The van der Waals surface area contributed by atoms with Gasteiger partial charge in [-0.15, -0.1) is 9.24 Å². The number of carbonyl (C=O) groups is 5. The Hall–Kier alpha value is -1.85. The number of carbonyl (C=O) groups excluding carboxylic acids is 5. The summed E-state index contributed by atoms with van der Waals surface area (Å²) in [6.07, 6.45) is 2.73. The predicted molar refractivity (Wildman–Crippen MR) is 96.7 cm³/mol. The molecule has 5 amide bonds. The van der Waals surface area contributed by atoms with E-state index in [0.29, 0.717) is 6.29 Å². The Kier molecular flexibility index (Phi) is 9.24. The summed E-state index contributed by atoms with van der Waals surface area (Å²) in [5.41, 5.74) is 0. The Labute approximate surface area is 149 Å². The number of rotatable bonds is 10. The molecule has 0 saturated carbocycles. The molecule has 0 fully saturated rings. The third kappa shape index (κ3) is 7.28. The molecule has 25 heavy (non-hydrogen) atoms. The summed E-state index contributed by atoms with van der Waals surface area (Å²) in [6, 6.07) is -0.859. The van der Waals surface area contributed by atoms with Crippen molar-refractivity contribution < 1.29 is 24.0 Å². The van der Waals surface area contributed by atoms with Gasteiger partial charge in [0.05, 0.1) is 0 Å². The molecule has 0 aromatic rings. The van der Waals surface area contributed by atoms with Gasteiger partial charge in [0.1, 0.15) is 6.04 Å². The molecule has 11 heteroatoms. The van der Waals surface area contributed by atoms with Gasteiger partial charge in [-0.1, -0.05) is 0 Å². The molecule has 1 rings (SSSR count). The summed E-state index contributed by atoms with van der Waals surface area (Å²) >= 11 is 0. The molecule has 3 unspecified atom stereocenters. The lowest BCUT2D eigenvalue weighted by atomic mass is 10.1. The molecule has 9 nitrogen and oxygen atoms in total. The first-order valence-corrected chi connectivity index (χ1v) is 9.97. The van der Waals surface area contributed by atoms with E-state index in [1.807, 2.05) is 6.66 Å². The molecule has 0 spiro atoms. The van der Waals surface area contributed by atoms with Crippen LogP contribution in [0.4, 0.5) is 0 Å². The first-order valence-electron chi connectivity index (χ1n) is 7.65. The van der Waals surface area contributed by atoms with Gasteiger partial charge in [0.25, 0.3) is 11.8 Å². The summed E-state index contributed by atoms with van der Waals surface area (Å²) in [4.78, 5) is 59.4. The molecular weight excluding hydrogens is 366 g/mol. The zero-order valence-corrected chi connectivity index (χ0v) is 16.0. The van der Waals surface area contributed by atoms with E-state index in [1.54, 1.807) is 0 Å². The first kappa shape index (κ1) is 21.2. The highest BCUT2D eigenvalue weighted by Crippen LogP contribution is 2.06. The van der Waals surface area contributed by atoms with E-state index >= 15 is 0 Å². The Morgan fingerprint density at radius 1 is 1.16 bits per heavy atom. The monoisotopic (exact) mass is 388 g/mol. The van der Waals surface area contributed by atoms with E-state index in [0.717, 1.165) is 17.1 Å². The highest BCUT2D eigenvalue weighted by Gasteiger charge is 2.25. The van der Waals surface area contributed by atoms with Crippen LogP contribution in [0.1, 0.15) is 19.3 Å². The Bertz CT molecular complexity index is 564. The highest BCUT2D eigenvalue weighted by molar-refractivity contribution is 7.35. The van der Waals surface area contributed by atoms with Gasteiger partial charge in [-0.2, -0.15) is 0 Å². The van der Waals surface area contributed by atoms with Crippen molar-refractivity contribution in [2.75, 3.05) is 19.5 Å². The normalized spacial score (nSPS) is 14.9. The second kappa shape index (κ2) is 10.9. The standard InChI is InChI=1S/C14H22N4O5P2/c1-25-17-11(20)3-2-9(14(23)15-8-24)16-10(19)6-7-18-12(21)4-5-13(18)22/h4-5,9,25H,2-3,6-8,24H2,1H3,(H,15,23)(H,16,19)(H,17,20). The SMILES string of the molecule is CPNC(=O)CCC(NC(=O)CCN1C(=O)C=CC1=O)C(=O)NCP. The van der Waals surface area contributed by atoms with Crippen molar-refractivity contribution in [3.63, 3.8) is 0 Å². The molecular formula is C14H22N4O5P2. The average molecular weight is 388 g/mol. The summed E-state index contributed by atoms with van der Waals surface area (Å²) in [5, 5.41) is 7.76. The lowest BCUT2D eigenvalue weighted by molar-refractivity contribution is -0.137. The van der Waals surface area contributed by atoms with Crippen molar-refractivity contribution in [2.24, 2.45) is 0 Å². The van der Waals surface area contributed by atoms with Crippen LogP contribution in [0.2, 0.25) is 0 Å². The van der Waals surface area contributed by atoms with E-state index in [1.165, 1.54) is 0 Å². The molecule has 0 bridgehead atoms. The van der Waals surface area contributed by atoms with Gasteiger partial charge in [-0.05, 0) is 21.8 Å². The van der Waals surface area contributed by atoms with Gasteiger partial charge in [0.2, 0.25) is 17.7 Å². The van der Waals surface area contributed by atoms with Gasteiger partial charge >= 0.3 is 0 Å². The molecule has 0 saturated heterocycles. The van der Waals surface area contributed by atoms with Gasteiger partial charge in [0, 0.05) is 37.8 Å². The van der Waals surface area contributed by atoms with Crippen molar-refractivity contribution >= 4 is 47.5 Å². The van der Waals surface area contributed by atoms with Crippen LogP contribution in [0.15, 0.2) is 12.2 Å². The van der Waals surface area contributed by atoms with Gasteiger partial charge in [0.15, 0.2) is 0 Å². The predicted octanol–water partition coefficient (Wildman–Crippen LogP) is -1.15. The van der Waals surface area contributed by atoms with Crippen LogP contribution >= 0.6 is 18.0 Å². The van der Waals surface area contributed by atoms with E-state index in [4.69, 9.17) is 0 Å². The van der Waals surface area contributed by atoms with Crippen LogP contribution in [0.5, 0.6) is 0 Å². The Balaban J connectivity index is 2.52. The first-order chi connectivity index (χ1) is 11.9. The van der Waals surface area contributed by atoms with Crippen LogP contribution < -0.4 is 15.7 Å². The second-order valence-electron chi connectivity index (χ2n) is 5.11. The smallest absolute Gasteiger partial charge is 0.253 e. The topological polar surface area (TPSA) is 125 Å². The Morgan fingerprint density at radius 2 is 1.80 bits per heavy atom. The molecule has 138 valence electrons. The lowest BCUT2D eigenvalue weighted by Gasteiger charge is -2.19. The number of imide groups is 1. The maximum absolute atomic E-state index is 12.0. The van der Waals surface area contributed by atoms with Crippen molar-refractivity contribution in [1.82, 2.24) is 20.6 Å². The quantitative estimate of drug-likeness (QED) is 0.322. The second-order valence-corrected chi connectivity index (χ2v) is 6.27. The zero-order valence-electron chi connectivity index (χ0n) is 13.8. The highest BCUT2D eigenvalue weighted by atomic mass is 31.1. The number of nitrogens with one attached hydrogen (secondary N) is 3. The van der Waals surface area contributed by atoms with Crippen LogP contribution in [0.3, 0.4) is 0 Å². The zero-order chi connectivity index (χ0) is 18.8.